The Bertz CT molecular complexity index is 752. The molecule has 2 rings (SSSR count). The number of hydrogen-bond donors (Lipinski definition) is 2. The van der Waals surface area contributed by atoms with Gasteiger partial charge in [0.05, 0.1) is 22.3 Å². The van der Waals surface area contributed by atoms with Gasteiger partial charge in [-0.05, 0) is 24.3 Å². The summed E-state index contributed by atoms with van der Waals surface area (Å²) in [6.07, 6.45) is 0. The Labute approximate surface area is 207 Å². The van der Waals surface area contributed by atoms with Crippen LogP contribution in [0.2, 0.25) is 0 Å². The first-order chi connectivity index (χ1) is 10.9. The van der Waals surface area contributed by atoms with Crippen molar-refractivity contribution in [3.05, 3.63) is 70.8 Å². The molecule has 0 amide bonds. The van der Waals surface area contributed by atoms with Crippen molar-refractivity contribution >= 4 is 105 Å². The molecule has 0 atom stereocenters. The number of aromatic carboxylic acids is 2. The predicted molar refractivity (Wildman–Crippen MR) is 90.8 cm³/mol. The Balaban J connectivity index is 0.00000288. The molecule has 0 aliphatic rings. The second-order valence-corrected chi connectivity index (χ2v) is 4.38. The first-order valence-corrected chi connectivity index (χ1v) is 6.33. The van der Waals surface area contributed by atoms with Crippen molar-refractivity contribution in [2.75, 3.05) is 0 Å². The summed E-state index contributed by atoms with van der Waals surface area (Å²) >= 11 is 0. The number of ether oxygens (including phenoxy) is 1. The van der Waals surface area contributed by atoms with Crippen molar-refractivity contribution in [2.45, 2.75) is 0 Å². The fourth-order valence-corrected chi connectivity index (χ4v) is 1.89. The van der Waals surface area contributed by atoms with E-state index in [0.717, 1.165) is 0 Å². The van der Waals surface area contributed by atoms with Crippen molar-refractivity contribution in [3.8, 4) is 0 Å². The van der Waals surface area contributed by atoms with Crippen molar-refractivity contribution in [1.29, 1.82) is 0 Å². The van der Waals surface area contributed by atoms with E-state index in [1.54, 1.807) is 0 Å². The van der Waals surface area contributed by atoms with E-state index in [1.807, 2.05) is 0 Å². The molecule has 0 saturated carbocycles. The standard InChI is InChI=1S/C16H10O7.K.Na.2H/c17-13(18)9-5-1-3-7-11(9)15(21)23-16(22)12-8-4-2-6-10(12)14(19)20;;;;/h1-8H,(H,17,18)(H,19,20);;;;. The first-order valence-electron chi connectivity index (χ1n) is 6.33. The van der Waals surface area contributed by atoms with Gasteiger partial charge in [0.1, 0.15) is 0 Å². The number of carboxylic acid groups (broad SMARTS) is 2. The monoisotopic (exact) mass is 378 g/mol. The van der Waals surface area contributed by atoms with Gasteiger partial charge in [0, 0.05) is 0 Å². The predicted octanol–water partition coefficient (Wildman–Crippen LogP) is 0.783. The molecule has 0 saturated heterocycles. The molecular formula is C16H12KNaO7. The minimum atomic E-state index is -1.35. The van der Waals surface area contributed by atoms with Gasteiger partial charge in [0.25, 0.3) is 0 Å². The zero-order valence-electron chi connectivity index (χ0n) is 11.6. The van der Waals surface area contributed by atoms with E-state index in [1.165, 1.54) is 48.5 Å². The molecule has 0 unspecified atom stereocenters. The zero-order chi connectivity index (χ0) is 17.0. The Morgan fingerprint density at radius 1 is 0.640 bits per heavy atom. The number of carboxylic acids is 2. The maximum atomic E-state index is 12.0. The van der Waals surface area contributed by atoms with E-state index in [4.69, 9.17) is 10.2 Å². The maximum absolute atomic E-state index is 12.0. The molecular weight excluding hydrogens is 366 g/mol. The molecule has 0 aliphatic heterocycles. The number of rotatable bonds is 4. The molecule has 0 radical (unpaired) electrons. The van der Waals surface area contributed by atoms with Crippen LogP contribution in [0.15, 0.2) is 48.5 Å². The van der Waals surface area contributed by atoms with Crippen molar-refractivity contribution in [2.24, 2.45) is 0 Å². The van der Waals surface area contributed by atoms with Gasteiger partial charge in [0.15, 0.2) is 0 Å². The number of benzene rings is 2. The topological polar surface area (TPSA) is 118 Å². The molecule has 2 aromatic rings. The fraction of sp³-hybridized carbons (Fsp3) is 0. The average Bonchev–Trinajstić information content (AvgIpc) is 2.54. The number of carbonyl (C=O) groups is 4. The van der Waals surface area contributed by atoms with Gasteiger partial charge in [-0.15, -0.1) is 0 Å². The molecule has 120 valence electrons. The van der Waals surface area contributed by atoms with E-state index >= 15 is 0 Å². The van der Waals surface area contributed by atoms with Gasteiger partial charge in [-0.2, -0.15) is 0 Å². The summed E-state index contributed by atoms with van der Waals surface area (Å²) in [5, 5.41) is 18.0. The van der Waals surface area contributed by atoms with Gasteiger partial charge in [-0.25, -0.2) is 19.2 Å². The molecule has 7 nitrogen and oxygen atoms in total. The quantitative estimate of drug-likeness (QED) is 0.459. The summed E-state index contributed by atoms with van der Waals surface area (Å²) in [6.45, 7) is 0. The molecule has 0 aliphatic carbocycles. The van der Waals surface area contributed by atoms with Crippen LogP contribution in [0.4, 0.5) is 0 Å². The Hall–Kier alpha value is -0.844. The van der Waals surface area contributed by atoms with Crippen LogP contribution < -0.4 is 0 Å². The summed E-state index contributed by atoms with van der Waals surface area (Å²) in [7, 11) is 0. The SMILES string of the molecule is O=C(O)c1ccccc1C(=O)OC(=O)c1ccccc1C(=O)O.[KH].[NaH]. The molecule has 2 aromatic carbocycles. The number of hydrogen-bond acceptors (Lipinski definition) is 5. The molecule has 0 heterocycles. The van der Waals surface area contributed by atoms with Crippen LogP contribution in [0.3, 0.4) is 0 Å². The Morgan fingerprint density at radius 2 is 0.920 bits per heavy atom. The molecule has 9 heteroatoms. The fourth-order valence-electron chi connectivity index (χ4n) is 1.89. The van der Waals surface area contributed by atoms with E-state index in [0.29, 0.717) is 0 Å². The van der Waals surface area contributed by atoms with E-state index in [9.17, 15) is 19.2 Å². The first kappa shape index (κ1) is 24.2. The van der Waals surface area contributed by atoms with Gasteiger partial charge in [0.2, 0.25) is 0 Å². The molecule has 0 bridgehead atoms. The van der Waals surface area contributed by atoms with Crippen LogP contribution in [0.1, 0.15) is 41.4 Å². The molecule has 0 fully saturated rings. The average molecular weight is 378 g/mol. The van der Waals surface area contributed by atoms with Crippen molar-refractivity contribution in [1.82, 2.24) is 0 Å². The van der Waals surface area contributed by atoms with Gasteiger partial charge < -0.3 is 14.9 Å². The number of esters is 2. The molecule has 0 aromatic heterocycles. The zero-order valence-corrected chi connectivity index (χ0v) is 11.6. The summed E-state index contributed by atoms with van der Waals surface area (Å²) in [6, 6.07) is 10.4. The van der Waals surface area contributed by atoms with Crippen LogP contribution in [0, 0.1) is 0 Å². The van der Waals surface area contributed by atoms with Gasteiger partial charge >= 0.3 is 105 Å². The summed E-state index contributed by atoms with van der Waals surface area (Å²) in [5.74, 6) is -5.05. The van der Waals surface area contributed by atoms with E-state index in [-0.39, 0.29) is 103 Å². The van der Waals surface area contributed by atoms with Gasteiger partial charge in [-0.1, -0.05) is 24.3 Å². The third kappa shape index (κ3) is 6.12. The summed E-state index contributed by atoms with van der Waals surface area (Å²) in [4.78, 5) is 46.1. The van der Waals surface area contributed by atoms with Gasteiger partial charge in [-0.3, -0.25) is 0 Å². The third-order valence-corrected chi connectivity index (χ3v) is 2.94. The molecule has 25 heavy (non-hydrogen) atoms. The van der Waals surface area contributed by atoms with E-state index in [2.05, 4.69) is 4.74 Å². The van der Waals surface area contributed by atoms with Crippen LogP contribution in [0.5, 0.6) is 0 Å². The summed E-state index contributed by atoms with van der Waals surface area (Å²) < 4.78 is 4.60. The third-order valence-electron chi connectivity index (χ3n) is 2.94. The van der Waals surface area contributed by atoms with Crippen LogP contribution >= 0.6 is 0 Å². The summed E-state index contributed by atoms with van der Waals surface area (Å²) in [5.41, 5.74) is -1.25. The van der Waals surface area contributed by atoms with Crippen molar-refractivity contribution in [3.63, 3.8) is 0 Å². The van der Waals surface area contributed by atoms with Crippen LogP contribution in [-0.2, 0) is 4.74 Å². The Morgan fingerprint density at radius 3 is 1.20 bits per heavy atom. The molecule has 2 N–H and O–H groups in total. The van der Waals surface area contributed by atoms with Crippen LogP contribution in [0.25, 0.3) is 0 Å². The second kappa shape index (κ2) is 11.0. The normalized spacial score (nSPS) is 9.12. The second-order valence-electron chi connectivity index (χ2n) is 4.38. The number of carbonyl (C=O) groups excluding carboxylic acids is 2. The molecule has 0 spiro atoms. The Kier molecular flexibility index (Phi) is 10.6. The van der Waals surface area contributed by atoms with Crippen molar-refractivity contribution < 1.29 is 34.1 Å². The van der Waals surface area contributed by atoms with Crippen LogP contribution in [-0.4, -0.2) is 115 Å². The van der Waals surface area contributed by atoms with E-state index < -0.39 is 23.9 Å². The minimum absolute atomic E-state index is 0.